The van der Waals surface area contributed by atoms with Gasteiger partial charge in [0.25, 0.3) is 0 Å². The van der Waals surface area contributed by atoms with E-state index in [-0.39, 0.29) is 17.0 Å². The van der Waals surface area contributed by atoms with Crippen LogP contribution in [0.2, 0.25) is 0 Å². The summed E-state index contributed by atoms with van der Waals surface area (Å²) in [5.41, 5.74) is 1.04. The van der Waals surface area contributed by atoms with Gasteiger partial charge in [0.05, 0.1) is 15.9 Å². The van der Waals surface area contributed by atoms with E-state index in [9.17, 15) is 16.8 Å². The maximum atomic E-state index is 12.7. The molecule has 0 bridgehead atoms. The first-order valence-electron chi connectivity index (χ1n) is 11.0. The van der Waals surface area contributed by atoms with Gasteiger partial charge in [0.15, 0.2) is 9.84 Å². The van der Waals surface area contributed by atoms with Crippen molar-refractivity contribution in [1.29, 1.82) is 0 Å². The lowest BCUT2D eigenvalue weighted by Gasteiger charge is -2.22. The number of benzene rings is 1. The number of unbranched alkanes of at least 4 members (excludes halogenated alkanes) is 4. The average Bonchev–Trinajstić information content (AvgIpc) is 2.68. The van der Waals surface area contributed by atoms with Gasteiger partial charge in [-0.3, -0.25) is 0 Å². The Bertz CT molecular complexity index is 826. The van der Waals surface area contributed by atoms with Crippen molar-refractivity contribution in [2.24, 2.45) is 0 Å². The molecule has 7 heteroatoms. The van der Waals surface area contributed by atoms with Crippen LogP contribution < -0.4 is 4.72 Å². The molecule has 0 aliphatic heterocycles. The van der Waals surface area contributed by atoms with Crippen LogP contribution in [0.25, 0.3) is 0 Å². The van der Waals surface area contributed by atoms with E-state index in [1.165, 1.54) is 6.42 Å². The van der Waals surface area contributed by atoms with Crippen LogP contribution in [0.5, 0.6) is 0 Å². The maximum Gasteiger partial charge on any atom is 0.240 e. The van der Waals surface area contributed by atoms with Crippen LogP contribution in [0, 0.1) is 0 Å². The van der Waals surface area contributed by atoms with Gasteiger partial charge in [-0.1, -0.05) is 50.7 Å². The third-order valence-electron chi connectivity index (χ3n) is 5.75. The standard InChI is InChI=1S/C22H37NO4S2/c1-19(2)28(24,25)17-10-5-3-4-7-12-20-13-11-16-22(18-20)29(26,27)23-21-14-8-6-9-15-21/h11,13,16,18-19,21,23H,3-10,12,14-15,17H2,1-2H3. The molecule has 29 heavy (non-hydrogen) atoms. The predicted octanol–water partition coefficient (Wildman–Crippen LogP) is 4.61. The topological polar surface area (TPSA) is 80.3 Å². The van der Waals surface area contributed by atoms with Gasteiger partial charge < -0.3 is 0 Å². The van der Waals surface area contributed by atoms with Crippen LogP contribution in [-0.2, 0) is 26.3 Å². The summed E-state index contributed by atoms with van der Waals surface area (Å²) in [6.45, 7) is 3.46. The van der Waals surface area contributed by atoms with E-state index in [4.69, 9.17) is 0 Å². The first-order chi connectivity index (χ1) is 13.7. The Morgan fingerprint density at radius 2 is 1.59 bits per heavy atom. The Morgan fingerprint density at radius 3 is 2.28 bits per heavy atom. The van der Waals surface area contributed by atoms with E-state index in [1.54, 1.807) is 26.0 Å². The van der Waals surface area contributed by atoms with Crippen molar-refractivity contribution in [2.45, 2.75) is 101 Å². The Hall–Kier alpha value is -0.920. The van der Waals surface area contributed by atoms with Crippen molar-refractivity contribution in [3.63, 3.8) is 0 Å². The normalized spacial score (nSPS) is 16.4. The first-order valence-corrected chi connectivity index (χ1v) is 14.2. The summed E-state index contributed by atoms with van der Waals surface area (Å²) < 4.78 is 51.8. The molecule has 0 spiro atoms. The van der Waals surface area contributed by atoms with E-state index >= 15 is 0 Å². The summed E-state index contributed by atoms with van der Waals surface area (Å²) in [5, 5.41) is -0.293. The minimum absolute atomic E-state index is 0.0666. The lowest BCUT2D eigenvalue weighted by Crippen LogP contribution is -2.36. The summed E-state index contributed by atoms with van der Waals surface area (Å²) in [6.07, 6.45) is 10.7. The minimum atomic E-state index is -3.45. The molecule has 5 nitrogen and oxygen atoms in total. The summed E-state index contributed by atoms with van der Waals surface area (Å²) in [6, 6.07) is 7.33. The minimum Gasteiger partial charge on any atom is -0.229 e. The highest BCUT2D eigenvalue weighted by Gasteiger charge is 2.22. The molecule has 1 aliphatic carbocycles. The smallest absolute Gasteiger partial charge is 0.229 e. The molecule has 0 saturated heterocycles. The number of hydrogen-bond donors (Lipinski definition) is 1. The molecule has 166 valence electrons. The Kier molecular flexibility index (Phi) is 9.63. The average molecular weight is 444 g/mol. The van der Waals surface area contributed by atoms with Crippen molar-refractivity contribution >= 4 is 19.9 Å². The van der Waals surface area contributed by atoms with Crippen molar-refractivity contribution in [3.8, 4) is 0 Å². The third-order valence-corrected chi connectivity index (χ3v) is 9.56. The van der Waals surface area contributed by atoms with Gasteiger partial charge in [-0.05, 0) is 63.6 Å². The molecule has 1 aromatic carbocycles. The van der Waals surface area contributed by atoms with Gasteiger partial charge in [-0.15, -0.1) is 0 Å². The van der Waals surface area contributed by atoms with Gasteiger partial charge >= 0.3 is 0 Å². The van der Waals surface area contributed by atoms with Crippen LogP contribution >= 0.6 is 0 Å². The molecule has 0 unspecified atom stereocenters. The molecule has 0 aromatic heterocycles. The molecule has 2 rings (SSSR count). The van der Waals surface area contributed by atoms with Crippen molar-refractivity contribution in [3.05, 3.63) is 29.8 Å². The number of rotatable bonds is 12. The molecule has 1 N–H and O–H groups in total. The van der Waals surface area contributed by atoms with Gasteiger partial charge in [-0.25, -0.2) is 21.6 Å². The van der Waals surface area contributed by atoms with Crippen LogP contribution in [0.4, 0.5) is 0 Å². The third kappa shape index (κ3) is 8.38. The lowest BCUT2D eigenvalue weighted by atomic mass is 9.96. The molecule has 0 atom stereocenters. The highest BCUT2D eigenvalue weighted by molar-refractivity contribution is 7.91. The fraction of sp³-hybridized carbons (Fsp3) is 0.727. The molecular formula is C22H37NO4S2. The first kappa shape index (κ1) is 24.4. The molecular weight excluding hydrogens is 406 g/mol. The second-order valence-electron chi connectivity index (χ2n) is 8.54. The molecule has 1 fully saturated rings. The van der Waals surface area contributed by atoms with Crippen molar-refractivity contribution in [2.75, 3.05) is 5.75 Å². The summed E-state index contributed by atoms with van der Waals surface area (Å²) in [7, 11) is -6.38. The number of sulfone groups is 1. The molecule has 1 saturated carbocycles. The number of hydrogen-bond acceptors (Lipinski definition) is 4. The highest BCUT2D eigenvalue weighted by atomic mass is 32.2. The molecule has 1 aromatic rings. The van der Waals surface area contributed by atoms with E-state index in [0.29, 0.717) is 4.90 Å². The highest BCUT2D eigenvalue weighted by Crippen LogP contribution is 2.21. The second-order valence-corrected chi connectivity index (χ2v) is 12.9. The molecule has 0 radical (unpaired) electrons. The SMILES string of the molecule is CC(C)S(=O)(=O)CCCCCCCc1cccc(S(=O)(=O)NC2CCCCC2)c1. The zero-order valence-electron chi connectivity index (χ0n) is 17.9. The van der Waals surface area contributed by atoms with E-state index in [1.807, 2.05) is 12.1 Å². The summed E-state index contributed by atoms with van der Waals surface area (Å²) in [5.74, 6) is 0.276. The molecule has 0 amide bonds. The fourth-order valence-corrected chi connectivity index (χ4v) is 6.23. The maximum absolute atomic E-state index is 12.7. The van der Waals surface area contributed by atoms with Crippen LogP contribution in [-0.4, -0.2) is 33.9 Å². The largest absolute Gasteiger partial charge is 0.240 e. The number of sulfonamides is 1. The predicted molar refractivity (Wildman–Crippen MR) is 119 cm³/mol. The van der Waals surface area contributed by atoms with Crippen LogP contribution in [0.3, 0.4) is 0 Å². The van der Waals surface area contributed by atoms with Crippen molar-refractivity contribution in [1.82, 2.24) is 4.72 Å². The Morgan fingerprint density at radius 1 is 0.931 bits per heavy atom. The van der Waals surface area contributed by atoms with Gasteiger partial charge in [0, 0.05) is 6.04 Å². The quantitative estimate of drug-likeness (QED) is 0.478. The lowest BCUT2D eigenvalue weighted by molar-refractivity contribution is 0.412. The van der Waals surface area contributed by atoms with E-state index in [2.05, 4.69) is 4.72 Å². The second kappa shape index (κ2) is 11.5. The van der Waals surface area contributed by atoms with Gasteiger partial charge in [0.1, 0.15) is 0 Å². The Balaban J connectivity index is 1.74. The van der Waals surface area contributed by atoms with Crippen LogP contribution in [0.1, 0.15) is 83.6 Å². The summed E-state index contributed by atoms with van der Waals surface area (Å²) >= 11 is 0. The fourth-order valence-electron chi connectivity index (χ4n) is 3.77. The van der Waals surface area contributed by atoms with E-state index in [0.717, 1.165) is 69.8 Å². The van der Waals surface area contributed by atoms with Gasteiger partial charge in [0.2, 0.25) is 10.0 Å². The Labute approximate surface area is 177 Å². The van der Waals surface area contributed by atoms with Gasteiger partial charge in [-0.2, -0.15) is 0 Å². The van der Waals surface area contributed by atoms with Crippen LogP contribution in [0.15, 0.2) is 29.2 Å². The monoisotopic (exact) mass is 443 g/mol. The molecule has 0 heterocycles. The van der Waals surface area contributed by atoms with E-state index < -0.39 is 19.9 Å². The molecule has 1 aliphatic rings. The zero-order valence-corrected chi connectivity index (χ0v) is 19.5. The number of aryl methyl sites for hydroxylation is 1. The zero-order chi connectivity index (χ0) is 21.3. The number of nitrogens with one attached hydrogen (secondary N) is 1. The van der Waals surface area contributed by atoms with Crippen molar-refractivity contribution < 1.29 is 16.8 Å². The summed E-state index contributed by atoms with van der Waals surface area (Å²) in [4.78, 5) is 0.361.